The molecule has 0 saturated carbocycles. The number of rotatable bonds is 2. The standard InChI is InChI=1S/C11H11N2O4P/c1-13-10-5-3-2-4-8(10)12-9(11(13)14)6-7-18(15,16)17/h2-7H,1H3,(H2,15,16,17)/b7-6+. The van der Waals surface area contributed by atoms with E-state index < -0.39 is 13.2 Å². The minimum atomic E-state index is -4.30. The van der Waals surface area contributed by atoms with Crippen LogP contribution in [0.3, 0.4) is 0 Å². The lowest BCUT2D eigenvalue weighted by atomic mass is 10.3. The average Bonchev–Trinajstić information content (AvgIpc) is 2.31. The fourth-order valence-electron chi connectivity index (χ4n) is 1.58. The molecule has 6 nitrogen and oxygen atoms in total. The van der Waals surface area contributed by atoms with Gasteiger partial charge in [0, 0.05) is 12.9 Å². The van der Waals surface area contributed by atoms with E-state index in [2.05, 4.69) is 4.98 Å². The van der Waals surface area contributed by atoms with E-state index in [4.69, 9.17) is 9.79 Å². The minimum Gasteiger partial charge on any atom is -0.321 e. The van der Waals surface area contributed by atoms with E-state index in [-0.39, 0.29) is 5.69 Å². The molecule has 7 heteroatoms. The van der Waals surface area contributed by atoms with Crippen molar-refractivity contribution in [1.29, 1.82) is 0 Å². The Morgan fingerprint density at radius 3 is 2.67 bits per heavy atom. The summed E-state index contributed by atoms with van der Waals surface area (Å²) in [5.41, 5.74) is 0.846. The Balaban J connectivity index is 2.67. The van der Waals surface area contributed by atoms with Gasteiger partial charge in [0.1, 0.15) is 5.69 Å². The molecule has 1 aromatic carbocycles. The molecule has 0 amide bonds. The van der Waals surface area contributed by atoms with Crippen LogP contribution in [0.5, 0.6) is 0 Å². The van der Waals surface area contributed by atoms with Crippen molar-refractivity contribution in [3.8, 4) is 0 Å². The predicted octanol–water partition coefficient (Wildman–Crippen LogP) is 1.08. The van der Waals surface area contributed by atoms with Crippen molar-refractivity contribution in [3.63, 3.8) is 0 Å². The maximum atomic E-state index is 11.9. The number of aromatic nitrogens is 2. The minimum absolute atomic E-state index is 0.000440. The van der Waals surface area contributed by atoms with Crippen molar-refractivity contribution < 1.29 is 14.4 Å². The summed E-state index contributed by atoms with van der Waals surface area (Å²) in [6.07, 6.45) is 1.05. The highest BCUT2D eigenvalue weighted by atomic mass is 31.2. The van der Waals surface area contributed by atoms with Crippen molar-refractivity contribution in [1.82, 2.24) is 9.55 Å². The van der Waals surface area contributed by atoms with Crippen molar-refractivity contribution >= 4 is 24.7 Å². The van der Waals surface area contributed by atoms with Gasteiger partial charge in [-0.3, -0.25) is 9.36 Å². The molecule has 0 unspecified atom stereocenters. The SMILES string of the molecule is Cn1c(=O)c(/C=C/P(=O)(O)O)nc2ccccc21. The van der Waals surface area contributed by atoms with E-state index in [9.17, 15) is 9.36 Å². The molecule has 1 aromatic heterocycles. The van der Waals surface area contributed by atoms with Gasteiger partial charge in [-0.1, -0.05) is 12.1 Å². The number of hydrogen-bond acceptors (Lipinski definition) is 3. The molecule has 0 radical (unpaired) electrons. The Morgan fingerprint density at radius 2 is 2.00 bits per heavy atom. The smallest absolute Gasteiger partial charge is 0.321 e. The number of fused-ring (bicyclic) bond motifs is 1. The summed E-state index contributed by atoms with van der Waals surface area (Å²) in [6, 6.07) is 7.04. The van der Waals surface area contributed by atoms with E-state index in [1.165, 1.54) is 4.57 Å². The van der Waals surface area contributed by atoms with E-state index in [0.717, 1.165) is 6.08 Å². The molecule has 0 atom stereocenters. The molecular weight excluding hydrogens is 255 g/mol. The molecule has 0 saturated heterocycles. The van der Waals surface area contributed by atoms with Crippen molar-refractivity contribution in [2.45, 2.75) is 0 Å². The summed E-state index contributed by atoms with van der Waals surface area (Å²) in [5.74, 6) is 0.672. The predicted molar refractivity (Wildman–Crippen MR) is 68.1 cm³/mol. The molecule has 18 heavy (non-hydrogen) atoms. The molecule has 2 rings (SSSR count). The summed E-state index contributed by atoms with van der Waals surface area (Å²) < 4.78 is 12.1. The highest BCUT2D eigenvalue weighted by Crippen LogP contribution is 2.36. The largest absolute Gasteiger partial charge is 0.349 e. The fourth-order valence-corrected chi connectivity index (χ4v) is 1.91. The third-order valence-electron chi connectivity index (χ3n) is 2.43. The van der Waals surface area contributed by atoms with Crippen LogP contribution < -0.4 is 5.56 Å². The topological polar surface area (TPSA) is 92.4 Å². The van der Waals surface area contributed by atoms with E-state index in [0.29, 0.717) is 16.9 Å². The van der Waals surface area contributed by atoms with Crippen LogP contribution in [0.2, 0.25) is 0 Å². The molecule has 2 N–H and O–H groups in total. The van der Waals surface area contributed by atoms with Gasteiger partial charge in [-0.15, -0.1) is 0 Å². The van der Waals surface area contributed by atoms with Crippen LogP contribution in [0, 0.1) is 0 Å². The first-order valence-corrected chi connectivity index (χ1v) is 6.77. The molecule has 94 valence electrons. The van der Waals surface area contributed by atoms with Crippen molar-refractivity contribution in [2.75, 3.05) is 0 Å². The monoisotopic (exact) mass is 266 g/mol. The highest BCUT2D eigenvalue weighted by molar-refractivity contribution is 7.55. The summed E-state index contributed by atoms with van der Waals surface area (Å²) in [6.45, 7) is 0. The maximum Gasteiger partial charge on any atom is 0.349 e. The summed E-state index contributed by atoms with van der Waals surface area (Å²) in [4.78, 5) is 33.5. The highest BCUT2D eigenvalue weighted by Gasteiger charge is 2.09. The van der Waals surface area contributed by atoms with Crippen LogP contribution in [-0.2, 0) is 11.6 Å². The number of aryl methyl sites for hydroxylation is 1. The average molecular weight is 266 g/mol. The summed E-state index contributed by atoms with van der Waals surface area (Å²) in [5, 5.41) is 0. The molecule has 0 spiro atoms. The summed E-state index contributed by atoms with van der Waals surface area (Å²) in [7, 11) is -2.71. The number of benzene rings is 1. The van der Waals surface area contributed by atoms with E-state index >= 15 is 0 Å². The second-order valence-corrected chi connectivity index (χ2v) is 5.23. The first-order valence-electron chi connectivity index (χ1n) is 5.09. The summed E-state index contributed by atoms with van der Waals surface area (Å²) >= 11 is 0. The number of nitrogens with zero attached hydrogens (tertiary/aromatic N) is 2. The normalized spacial score (nSPS) is 12.4. The molecule has 0 fully saturated rings. The molecular formula is C11H11N2O4P. The fraction of sp³-hybridized carbons (Fsp3) is 0.0909. The lowest BCUT2D eigenvalue weighted by molar-refractivity contribution is 0.386. The number of hydrogen-bond donors (Lipinski definition) is 2. The second-order valence-electron chi connectivity index (χ2n) is 3.75. The van der Waals surface area contributed by atoms with Crippen LogP contribution >= 0.6 is 7.60 Å². The van der Waals surface area contributed by atoms with Crippen LogP contribution in [0.4, 0.5) is 0 Å². The molecule has 1 heterocycles. The van der Waals surface area contributed by atoms with Gasteiger partial charge in [0.05, 0.1) is 11.0 Å². The zero-order valence-corrected chi connectivity index (χ0v) is 10.4. The van der Waals surface area contributed by atoms with Crippen LogP contribution in [0.15, 0.2) is 34.9 Å². The van der Waals surface area contributed by atoms with Gasteiger partial charge in [-0.2, -0.15) is 0 Å². The van der Waals surface area contributed by atoms with Gasteiger partial charge in [0.2, 0.25) is 0 Å². The van der Waals surface area contributed by atoms with Crippen molar-refractivity contribution in [3.05, 3.63) is 46.1 Å². The lowest BCUT2D eigenvalue weighted by Gasteiger charge is -2.05. The van der Waals surface area contributed by atoms with Crippen molar-refractivity contribution in [2.24, 2.45) is 7.05 Å². The third-order valence-corrected chi connectivity index (χ3v) is 2.97. The Morgan fingerprint density at radius 1 is 1.33 bits per heavy atom. The van der Waals surface area contributed by atoms with Crippen LogP contribution in [-0.4, -0.2) is 19.3 Å². The van der Waals surface area contributed by atoms with Gasteiger partial charge < -0.3 is 14.4 Å². The molecule has 0 bridgehead atoms. The first kappa shape index (κ1) is 12.7. The molecule has 0 aliphatic carbocycles. The van der Waals surface area contributed by atoms with Gasteiger partial charge >= 0.3 is 7.60 Å². The second kappa shape index (κ2) is 4.49. The van der Waals surface area contributed by atoms with Gasteiger partial charge in [-0.05, 0) is 18.2 Å². The zero-order valence-electron chi connectivity index (χ0n) is 9.52. The lowest BCUT2D eigenvalue weighted by Crippen LogP contribution is -2.21. The number of para-hydroxylation sites is 2. The molecule has 0 aliphatic heterocycles. The Kier molecular flexibility index (Phi) is 3.17. The first-order chi connectivity index (χ1) is 8.38. The van der Waals surface area contributed by atoms with E-state index in [1.807, 2.05) is 0 Å². The third kappa shape index (κ3) is 2.56. The van der Waals surface area contributed by atoms with Gasteiger partial charge in [0.15, 0.2) is 0 Å². The molecule has 2 aromatic rings. The van der Waals surface area contributed by atoms with E-state index in [1.54, 1.807) is 31.3 Å². The Bertz CT molecular complexity index is 729. The Labute approximate surface area is 102 Å². The maximum absolute atomic E-state index is 11.9. The van der Waals surface area contributed by atoms with Gasteiger partial charge in [0.25, 0.3) is 5.56 Å². The quantitative estimate of drug-likeness (QED) is 0.793. The molecule has 0 aliphatic rings. The Hall–Kier alpha value is -1.75. The zero-order chi connectivity index (χ0) is 13.3. The van der Waals surface area contributed by atoms with Gasteiger partial charge in [-0.25, -0.2) is 4.98 Å². The van der Waals surface area contributed by atoms with Crippen LogP contribution in [0.1, 0.15) is 5.69 Å². The van der Waals surface area contributed by atoms with Crippen LogP contribution in [0.25, 0.3) is 17.1 Å².